The smallest absolute Gasteiger partial charge is 0.191 e. The third-order valence-corrected chi connectivity index (χ3v) is 3.63. The Morgan fingerprint density at radius 3 is 2.88 bits per heavy atom. The number of hydrogen-bond donors (Lipinski definition) is 2. The number of nitrogens with one attached hydrogen (secondary N) is 2. The fraction of sp³-hybridized carbons (Fsp3) is 0.500. The highest BCUT2D eigenvalue weighted by atomic mass is 16.5. The summed E-state index contributed by atoms with van der Waals surface area (Å²) >= 11 is 0. The van der Waals surface area contributed by atoms with E-state index in [1.807, 2.05) is 25.1 Å². The van der Waals surface area contributed by atoms with E-state index >= 15 is 0 Å². The van der Waals surface area contributed by atoms with Gasteiger partial charge in [-0.2, -0.15) is 0 Å². The van der Waals surface area contributed by atoms with Crippen molar-refractivity contribution >= 4 is 5.96 Å². The zero-order valence-corrected chi connectivity index (χ0v) is 15.3. The molecule has 2 N–H and O–H groups in total. The Morgan fingerprint density at radius 1 is 1.24 bits per heavy atom. The van der Waals surface area contributed by atoms with Crippen LogP contribution in [0.15, 0.2) is 35.6 Å². The van der Waals surface area contributed by atoms with Crippen LogP contribution in [0.5, 0.6) is 5.75 Å². The molecule has 7 nitrogen and oxygen atoms in total. The molecule has 0 spiro atoms. The van der Waals surface area contributed by atoms with E-state index in [2.05, 4.69) is 50.3 Å². The molecule has 0 aliphatic carbocycles. The summed E-state index contributed by atoms with van der Waals surface area (Å²) in [5.74, 6) is 2.68. The largest absolute Gasteiger partial charge is 0.494 e. The first-order valence-corrected chi connectivity index (χ1v) is 8.87. The number of guanidine groups is 1. The number of ether oxygens (including phenoxy) is 1. The van der Waals surface area contributed by atoms with E-state index in [4.69, 9.17) is 4.74 Å². The van der Waals surface area contributed by atoms with Gasteiger partial charge in [-0.15, -0.1) is 10.2 Å². The van der Waals surface area contributed by atoms with Crippen molar-refractivity contribution in [3.8, 4) is 5.75 Å². The quantitative estimate of drug-likeness (QED) is 0.537. The molecule has 7 heteroatoms. The standard InChI is InChI=1S/C18H28N6O/c1-4-17-23-22-14-24(17)11-10-20-18(19-5-2)21-13-15-8-7-9-16(12-15)25-6-3/h7-9,12,14H,4-6,10-11,13H2,1-3H3,(H2,19,20,21). The lowest BCUT2D eigenvalue weighted by atomic mass is 10.2. The monoisotopic (exact) mass is 344 g/mol. The minimum Gasteiger partial charge on any atom is -0.494 e. The van der Waals surface area contributed by atoms with E-state index in [0.717, 1.165) is 49.2 Å². The van der Waals surface area contributed by atoms with Gasteiger partial charge in [0.2, 0.25) is 0 Å². The lowest BCUT2D eigenvalue weighted by molar-refractivity contribution is 0.340. The number of benzene rings is 1. The van der Waals surface area contributed by atoms with Crippen molar-refractivity contribution in [1.82, 2.24) is 25.4 Å². The zero-order chi connectivity index (χ0) is 17.9. The molecule has 0 fully saturated rings. The number of aliphatic imine (C=N–C) groups is 1. The summed E-state index contributed by atoms with van der Waals surface area (Å²) in [6.45, 7) is 9.77. The number of aryl methyl sites for hydroxylation is 1. The molecule has 2 aromatic rings. The van der Waals surface area contributed by atoms with Gasteiger partial charge in [0, 0.05) is 26.1 Å². The van der Waals surface area contributed by atoms with Gasteiger partial charge in [-0.25, -0.2) is 4.99 Å². The third kappa shape index (κ3) is 6.10. The van der Waals surface area contributed by atoms with Gasteiger partial charge in [-0.1, -0.05) is 19.1 Å². The van der Waals surface area contributed by atoms with Gasteiger partial charge in [0.15, 0.2) is 5.96 Å². The summed E-state index contributed by atoms with van der Waals surface area (Å²) in [4.78, 5) is 4.64. The van der Waals surface area contributed by atoms with Crippen LogP contribution in [0.1, 0.15) is 32.2 Å². The molecule has 0 aliphatic rings. The van der Waals surface area contributed by atoms with E-state index < -0.39 is 0 Å². The summed E-state index contributed by atoms with van der Waals surface area (Å²) in [6.07, 6.45) is 2.65. The van der Waals surface area contributed by atoms with Crippen molar-refractivity contribution in [3.05, 3.63) is 42.0 Å². The summed E-state index contributed by atoms with van der Waals surface area (Å²) in [6, 6.07) is 8.04. The zero-order valence-electron chi connectivity index (χ0n) is 15.3. The van der Waals surface area contributed by atoms with E-state index in [9.17, 15) is 0 Å². The third-order valence-electron chi connectivity index (χ3n) is 3.63. The molecule has 0 saturated heterocycles. The number of hydrogen-bond acceptors (Lipinski definition) is 4. The molecule has 25 heavy (non-hydrogen) atoms. The van der Waals surface area contributed by atoms with Crippen LogP contribution in [0.3, 0.4) is 0 Å². The average Bonchev–Trinajstić information content (AvgIpc) is 3.08. The van der Waals surface area contributed by atoms with Crippen LogP contribution < -0.4 is 15.4 Å². The second kappa shape index (κ2) is 10.3. The molecule has 0 radical (unpaired) electrons. The van der Waals surface area contributed by atoms with Crippen LogP contribution in [0.4, 0.5) is 0 Å². The number of rotatable bonds is 9. The van der Waals surface area contributed by atoms with Gasteiger partial charge in [-0.3, -0.25) is 0 Å². The summed E-state index contributed by atoms with van der Waals surface area (Å²) in [5.41, 5.74) is 1.12. The second-order valence-corrected chi connectivity index (χ2v) is 5.50. The molecule has 0 bridgehead atoms. The maximum Gasteiger partial charge on any atom is 0.191 e. The molecule has 2 rings (SSSR count). The van der Waals surface area contributed by atoms with Gasteiger partial charge in [-0.05, 0) is 31.5 Å². The Hall–Kier alpha value is -2.57. The van der Waals surface area contributed by atoms with Crippen LogP contribution in [-0.2, 0) is 19.5 Å². The highest BCUT2D eigenvalue weighted by Gasteiger charge is 2.02. The van der Waals surface area contributed by atoms with Crippen LogP contribution in [-0.4, -0.2) is 40.4 Å². The molecule has 0 unspecified atom stereocenters. The molecule has 136 valence electrons. The molecular formula is C18H28N6O. The Labute approximate surface area is 149 Å². The topological polar surface area (TPSA) is 76.4 Å². The molecule has 0 saturated carbocycles. The van der Waals surface area contributed by atoms with Gasteiger partial charge < -0.3 is 19.9 Å². The molecule has 0 amide bonds. The van der Waals surface area contributed by atoms with Gasteiger partial charge >= 0.3 is 0 Å². The van der Waals surface area contributed by atoms with Crippen molar-refractivity contribution < 1.29 is 4.74 Å². The normalized spacial score (nSPS) is 11.4. The summed E-state index contributed by atoms with van der Waals surface area (Å²) in [7, 11) is 0. The van der Waals surface area contributed by atoms with Crippen molar-refractivity contribution in [1.29, 1.82) is 0 Å². The first-order chi connectivity index (χ1) is 12.3. The van der Waals surface area contributed by atoms with Crippen molar-refractivity contribution in [2.45, 2.75) is 40.3 Å². The molecule has 1 heterocycles. The molecule has 0 aliphatic heterocycles. The van der Waals surface area contributed by atoms with Crippen molar-refractivity contribution in [2.24, 2.45) is 4.99 Å². The second-order valence-electron chi connectivity index (χ2n) is 5.50. The molecule has 1 aromatic carbocycles. The van der Waals surface area contributed by atoms with E-state index in [1.54, 1.807) is 6.33 Å². The maximum atomic E-state index is 5.53. The SMILES string of the molecule is CCNC(=NCc1cccc(OCC)c1)NCCn1cnnc1CC. The predicted octanol–water partition coefficient (Wildman–Crippen LogP) is 1.99. The predicted molar refractivity (Wildman–Crippen MR) is 99.8 cm³/mol. The van der Waals surface area contributed by atoms with Gasteiger partial charge in [0.25, 0.3) is 0 Å². The van der Waals surface area contributed by atoms with Gasteiger partial charge in [0.05, 0.1) is 13.2 Å². The molecule has 1 aromatic heterocycles. The lowest BCUT2D eigenvalue weighted by Crippen LogP contribution is -2.38. The maximum absolute atomic E-state index is 5.53. The minimum absolute atomic E-state index is 0.600. The minimum atomic E-state index is 0.600. The molecule has 0 atom stereocenters. The first kappa shape index (κ1) is 18.8. The summed E-state index contributed by atoms with van der Waals surface area (Å²) < 4.78 is 7.59. The Balaban J connectivity index is 1.90. The van der Waals surface area contributed by atoms with Gasteiger partial charge in [0.1, 0.15) is 17.9 Å². The summed E-state index contributed by atoms with van der Waals surface area (Å²) in [5, 5.41) is 14.7. The van der Waals surface area contributed by atoms with Crippen LogP contribution in [0.2, 0.25) is 0 Å². The van der Waals surface area contributed by atoms with E-state index in [1.165, 1.54) is 0 Å². The van der Waals surface area contributed by atoms with Crippen LogP contribution >= 0.6 is 0 Å². The fourth-order valence-corrected chi connectivity index (χ4v) is 2.45. The average molecular weight is 344 g/mol. The number of aromatic nitrogens is 3. The fourth-order valence-electron chi connectivity index (χ4n) is 2.45. The van der Waals surface area contributed by atoms with Crippen LogP contribution in [0, 0.1) is 0 Å². The highest BCUT2D eigenvalue weighted by Crippen LogP contribution is 2.13. The lowest BCUT2D eigenvalue weighted by Gasteiger charge is -2.12. The Kier molecular flexibility index (Phi) is 7.75. The Bertz CT molecular complexity index is 667. The van der Waals surface area contributed by atoms with Crippen molar-refractivity contribution in [2.75, 3.05) is 19.7 Å². The number of nitrogens with zero attached hydrogens (tertiary/aromatic N) is 4. The first-order valence-electron chi connectivity index (χ1n) is 8.87. The van der Waals surface area contributed by atoms with Crippen LogP contribution in [0.25, 0.3) is 0 Å². The van der Waals surface area contributed by atoms with E-state index in [0.29, 0.717) is 13.2 Å². The molecular weight excluding hydrogens is 316 g/mol. The van der Waals surface area contributed by atoms with Crippen molar-refractivity contribution in [3.63, 3.8) is 0 Å². The highest BCUT2D eigenvalue weighted by molar-refractivity contribution is 5.79. The van der Waals surface area contributed by atoms with E-state index in [-0.39, 0.29) is 0 Å². The Morgan fingerprint density at radius 2 is 2.12 bits per heavy atom.